The average molecular weight is 424 g/mol. The van der Waals surface area contributed by atoms with Gasteiger partial charge >= 0.3 is 0 Å². The molecule has 8 heteroatoms. The van der Waals surface area contributed by atoms with E-state index in [9.17, 15) is 4.79 Å². The number of fused-ring (bicyclic) bond motifs is 1. The maximum atomic E-state index is 12.1. The molecule has 2 aromatic carbocycles. The number of halogens is 1. The van der Waals surface area contributed by atoms with Crippen molar-refractivity contribution in [3.63, 3.8) is 0 Å². The number of H-pyrrole nitrogens is 1. The monoisotopic (exact) mass is 423 g/mol. The summed E-state index contributed by atoms with van der Waals surface area (Å²) in [6.45, 7) is 0. The van der Waals surface area contributed by atoms with Gasteiger partial charge in [-0.15, -0.1) is 0 Å². The van der Waals surface area contributed by atoms with Gasteiger partial charge in [0, 0.05) is 21.3 Å². The lowest BCUT2D eigenvalue weighted by molar-refractivity contribution is -0.117. The van der Waals surface area contributed by atoms with Crippen LogP contribution in [-0.4, -0.2) is 26.2 Å². The minimum atomic E-state index is 0.0364. The number of aromatic amines is 1. The Morgan fingerprint density at radius 3 is 2.93 bits per heavy atom. The smallest absolute Gasteiger partial charge is 0.279 e. The number of benzene rings is 2. The normalized spacial score (nSPS) is 13.8. The zero-order valence-electron chi connectivity index (χ0n) is 14.1. The van der Waals surface area contributed by atoms with Crippen molar-refractivity contribution in [2.24, 2.45) is 5.92 Å². The fraction of sp³-hybridized carbons (Fsp3) is 0.158. The fourth-order valence-electron chi connectivity index (χ4n) is 2.95. The van der Waals surface area contributed by atoms with Gasteiger partial charge in [-0.25, -0.2) is 0 Å². The molecule has 7 nitrogen and oxygen atoms in total. The highest BCUT2D eigenvalue weighted by Crippen LogP contribution is 2.33. The van der Waals surface area contributed by atoms with Crippen LogP contribution in [0.5, 0.6) is 0 Å². The van der Waals surface area contributed by atoms with Crippen molar-refractivity contribution in [1.82, 2.24) is 20.3 Å². The molecule has 1 amide bonds. The molecule has 134 valence electrons. The zero-order chi connectivity index (χ0) is 18.4. The van der Waals surface area contributed by atoms with Crippen molar-refractivity contribution in [1.29, 1.82) is 0 Å². The van der Waals surface area contributed by atoms with Crippen molar-refractivity contribution in [3.05, 3.63) is 46.9 Å². The van der Waals surface area contributed by atoms with Crippen LogP contribution >= 0.6 is 15.9 Å². The average Bonchev–Trinajstić information content (AvgIpc) is 3.28. The van der Waals surface area contributed by atoms with Gasteiger partial charge < -0.3 is 9.84 Å². The van der Waals surface area contributed by atoms with Gasteiger partial charge in [-0.3, -0.25) is 9.89 Å². The Bertz CT molecular complexity index is 1160. The van der Waals surface area contributed by atoms with Crippen molar-refractivity contribution >= 4 is 38.4 Å². The molecule has 0 radical (unpaired) electrons. The van der Waals surface area contributed by atoms with Crippen LogP contribution < -0.4 is 5.32 Å². The molecular weight excluding hydrogens is 410 g/mol. The van der Waals surface area contributed by atoms with Gasteiger partial charge in [0.05, 0.1) is 11.2 Å². The highest BCUT2D eigenvalue weighted by Gasteiger charge is 2.30. The van der Waals surface area contributed by atoms with E-state index in [0.29, 0.717) is 28.7 Å². The quantitative estimate of drug-likeness (QED) is 0.507. The van der Waals surface area contributed by atoms with E-state index >= 15 is 0 Å². The molecule has 5 rings (SSSR count). The van der Waals surface area contributed by atoms with Gasteiger partial charge in [0.15, 0.2) is 5.69 Å². The number of anilines is 1. The first kappa shape index (κ1) is 16.2. The highest BCUT2D eigenvalue weighted by atomic mass is 79.9. The second kappa shape index (κ2) is 6.31. The largest absolute Gasteiger partial charge is 0.332 e. The van der Waals surface area contributed by atoms with Gasteiger partial charge in [-0.1, -0.05) is 33.2 Å². The third-order valence-electron chi connectivity index (χ3n) is 4.53. The molecule has 0 saturated heterocycles. The first-order chi connectivity index (χ1) is 13.2. The summed E-state index contributed by atoms with van der Waals surface area (Å²) in [5.41, 5.74) is 2.86. The third kappa shape index (κ3) is 3.02. The maximum absolute atomic E-state index is 12.1. The summed E-state index contributed by atoms with van der Waals surface area (Å²) in [5, 5.41) is 15.2. The molecular formula is C19H14BrN5O2. The number of hydrogen-bond donors (Lipinski definition) is 2. The summed E-state index contributed by atoms with van der Waals surface area (Å²) < 4.78 is 6.40. The van der Waals surface area contributed by atoms with E-state index in [-0.39, 0.29) is 11.8 Å². The third-order valence-corrected chi connectivity index (χ3v) is 5.02. The van der Waals surface area contributed by atoms with Crippen molar-refractivity contribution in [2.75, 3.05) is 5.32 Å². The minimum Gasteiger partial charge on any atom is -0.332 e. The number of aromatic nitrogens is 4. The van der Waals surface area contributed by atoms with E-state index in [1.54, 1.807) is 0 Å². The maximum Gasteiger partial charge on any atom is 0.279 e. The number of hydrogen-bond acceptors (Lipinski definition) is 5. The second-order valence-corrected chi connectivity index (χ2v) is 7.41. The Kier molecular flexibility index (Phi) is 3.78. The Morgan fingerprint density at radius 2 is 2.07 bits per heavy atom. The SMILES string of the molecule is O=C(Nc1ccccc1-c1noc(-c2n[nH]c3ccc(Br)cc23)n1)C1CC1. The summed E-state index contributed by atoms with van der Waals surface area (Å²) >= 11 is 3.47. The Balaban J connectivity index is 1.52. The van der Waals surface area contributed by atoms with Gasteiger partial charge in [-0.2, -0.15) is 10.1 Å². The van der Waals surface area contributed by atoms with E-state index < -0.39 is 0 Å². The number of carbonyl (C=O) groups excluding carboxylic acids is 1. The van der Waals surface area contributed by atoms with E-state index in [1.807, 2.05) is 42.5 Å². The highest BCUT2D eigenvalue weighted by molar-refractivity contribution is 9.10. The van der Waals surface area contributed by atoms with E-state index in [1.165, 1.54) is 0 Å². The second-order valence-electron chi connectivity index (χ2n) is 6.49. The summed E-state index contributed by atoms with van der Waals surface area (Å²) in [6, 6.07) is 13.2. The topological polar surface area (TPSA) is 96.7 Å². The summed E-state index contributed by atoms with van der Waals surface area (Å²) in [7, 11) is 0. The first-order valence-corrected chi connectivity index (χ1v) is 9.36. The molecule has 1 saturated carbocycles. The summed E-state index contributed by atoms with van der Waals surface area (Å²) in [5.74, 6) is 0.877. The molecule has 1 aliphatic carbocycles. The lowest BCUT2D eigenvalue weighted by Crippen LogP contribution is -2.14. The molecule has 1 aliphatic rings. The number of nitrogens with one attached hydrogen (secondary N) is 2. The number of carbonyl (C=O) groups is 1. The number of para-hydroxylation sites is 1. The predicted octanol–water partition coefficient (Wildman–Crippen LogP) is 4.39. The molecule has 4 aromatic rings. The molecule has 0 bridgehead atoms. The van der Waals surface area contributed by atoms with Crippen molar-refractivity contribution in [3.8, 4) is 23.0 Å². The van der Waals surface area contributed by atoms with Crippen LogP contribution in [0.1, 0.15) is 12.8 Å². The van der Waals surface area contributed by atoms with Crippen LogP contribution in [-0.2, 0) is 4.79 Å². The van der Waals surface area contributed by atoms with Crippen LogP contribution in [0.4, 0.5) is 5.69 Å². The Hall–Kier alpha value is -3.00. The van der Waals surface area contributed by atoms with Crippen LogP contribution in [0.3, 0.4) is 0 Å². The van der Waals surface area contributed by atoms with Gasteiger partial charge in [0.25, 0.3) is 5.89 Å². The summed E-state index contributed by atoms with van der Waals surface area (Å²) in [6.07, 6.45) is 1.89. The Labute approximate surface area is 162 Å². The lowest BCUT2D eigenvalue weighted by Gasteiger charge is -2.07. The predicted molar refractivity (Wildman–Crippen MR) is 104 cm³/mol. The van der Waals surface area contributed by atoms with Crippen LogP contribution in [0.15, 0.2) is 51.5 Å². The summed E-state index contributed by atoms with van der Waals surface area (Å²) in [4.78, 5) is 16.6. The fourth-order valence-corrected chi connectivity index (χ4v) is 3.31. The van der Waals surface area contributed by atoms with Gasteiger partial charge in [0.1, 0.15) is 0 Å². The molecule has 2 aromatic heterocycles. The van der Waals surface area contributed by atoms with E-state index in [0.717, 1.165) is 28.2 Å². The van der Waals surface area contributed by atoms with Crippen molar-refractivity contribution < 1.29 is 9.32 Å². The molecule has 0 aliphatic heterocycles. The minimum absolute atomic E-state index is 0.0364. The zero-order valence-corrected chi connectivity index (χ0v) is 15.7. The van der Waals surface area contributed by atoms with Crippen LogP contribution in [0.2, 0.25) is 0 Å². The Morgan fingerprint density at radius 1 is 1.22 bits per heavy atom. The van der Waals surface area contributed by atoms with E-state index in [4.69, 9.17) is 4.52 Å². The lowest BCUT2D eigenvalue weighted by atomic mass is 10.1. The standard InChI is InChI=1S/C19H14BrN5O2/c20-11-7-8-15-13(9-11)16(24-23-15)19-22-17(25-27-19)12-3-1-2-4-14(12)21-18(26)10-5-6-10/h1-4,7-10H,5-6H2,(H,21,26)(H,23,24). The molecule has 0 unspecified atom stereocenters. The number of nitrogens with zero attached hydrogens (tertiary/aromatic N) is 3. The molecule has 0 atom stereocenters. The van der Waals surface area contributed by atoms with Crippen molar-refractivity contribution in [2.45, 2.75) is 12.8 Å². The van der Waals surface area contributed by atoms with Crippen LogP contribution in [0.25, 0.3) is 33.9 Å². The molecule has 2 N–H and O–H groups in total. The molecule has 2 heterocycles. The van der Waals surface area contributed by atoms with E-state index in [2.05, 4.69) is 41.6 Å². The molecule has 27 heavy (non-hydrogen) atoms. The molecule has 1 fully saturated rings. The first-order valence-electron chi connectivity index (χ1n) is 8.57. The van der Waals surface area contributed by atoms with Gasteiger partial charge in [-0.05, 0) is 43.2 Å². The molecule has 0 spiro atoms. The van der Waals surface area contributed by atoms with Crippen LogP contribution in [0, 0.1) is 5.92 Å². The van der Waals surface area contributed by atoms with Gasteiger partial charge in [0.2, 0.25) is 11.7 Å². The number of rotatable bonds is 4. The number of amides is 1.